The molecule has 0 amide bonds. The van der Waals surface area contributed by atoms with Gasteiger partial charge in [-0.15, -0.1) is 0 Å². The fourth-order valence-electron chi connectivity index (χ4n) is 3.23. The Bertz CT molecular complexity index is 1120. The molecule has 0 unspecified atom stereocenters. The fraction of sp³-hybridized carbons (Fsp3) is 0.400. The first-order valence-corrected chi connectivity index (χ1v) is 9.47. The number of hydrogen-bond donors (Lipinski definition) is 2. The lowest BCUT2D eigenvalue weighted by atomic mass is 9.88. The Morgan fingerprint density at radius 3 is 2.45 bits per heavy atom. The zero-order chi connectivity index (χ0) is 24.8. The van der Waals surface area contributed by atoms with Crippen molar-refractivity contribution in [1.29, 1.82) is 0 Å². The molecule has 33 heavy (non-hydrogen) atoms. The molecule has 1 aliphatic heterocycles. The number of hydrogen-bond acceptors (Lipinski definition) is 7. The summed E-state index contributed by atoms with van der Waals surface area (Å²) in [6.07, 6.45) is -7.40. The number of aromatic nitrogens is 2. The quantitative estimate of drug-likeness (QED) is 0.505. The largest absolute Gasteiger partial charge is 0.424 e. The molecule has 0 radical (unpaired) electrons. The third-order valence-corrected chi connectivity index (χ3v) is 5.32. The van der Waals surface area contributed by atoms with Crippen LogP contribution in [-0.2, 0) is 16.7 Å². The molecule has 0 aliphatic carbocycles. The van der Waals surface area contributed by atoms with Gasteiger partial charge in [0.1, 0.15) is 28.6 Å². The van der Waals surface area contributed by atoms with Gasteiger partial charge in [-0.3, -0.25) is 9.79 Å². The SMILES string of the molecule is C[C@@]1(c2cc(CC(=O)c3ncc(C(F)F)nc3N)ccc2F)CO[C@@](C)(C(F)(F)F)C(N)=N1. The number of ether oxygens (including phenoxy) is 1. The van der Waals surface area contributed by atoms with E-state index >= 15 is 0 Å². The first kappa shape index (κ1) is 24.4. The molecule has 3 rings (SSSR count). The molecule has 7 nitrogen and oxygen atoms in total. The third kappa shape index (κ3) is 4.49. The number of amidine groups is 1. The van der Waals surface area contributed by atoms with Crippen molar-refractivity contribution in [2.75, 3.05) is 12.3 Å². The van der Waals surface area contributed by atoms with E-state index in [2.05, 4.69) is 15.0 Å². The van der Waals surface area contributed by atoms with Crippen LogP contribution < -0.4 is 11.5 Å². The maximum atomic E-state index is 14.6. The molecule has 178 valence electrons. The molecule has 0 saturated carbocycles. The number of alkyl halides is 5. The van der Waals surface area contributed by atoms with Crippen molar-refractivity contribution >= 4 is 17.4 Å². The summed E-state index contributed by atoms with van der Waals surface area (Å²) < 4.78 is 84.9. The number of nitrogens with zero attached hydrogens (tertiary/aromatic N) is 3. The Kier molecular flexibility index (Phi) is 6.13. The van der Waals surface area contributed by atoms with Crippen LogP contribution in [0.4, 0.5) is 32.2 Å². The average Bonchev–Trinajstić information content (AvgIpc) is 2.71. The normalized spacial score (nSPS) is 23.5. The van der Waals surface area contributed by atoms with Crippen LogP contribution in [0.25, 0.3) is 0 Å². The van der Waals surface area contributed by atoms with Gasteiger partial charge in [-0.05, 0) is 31.5 Å². The summed E-state index contributed by atoms with van der Waals surface area (Å²) in [5.41, 5.74) is 5.74. The summed E-state index contributed by atoms with van der Waals surface area (Å²) in [7, 11) is 0. The van der Waals surface area contributed by atoms with Crippen LogP contribution in [-0.4, -0.2) is 40.0 Å². The number of carbonyl (C=O) groups is 1. The van der Waals surface area contributed by atoms with E-state index < -0.39 is 59.3 Å². The van der Waals surface area contributed by atoms with Crippen molar-refractivity contribution < 1.29 is 35.9 Å². The van der Waals surface area contributed by atoms with E-state index in [1.54, 1.807) is 0 Å². The molecule has 2 heterocycles. The molecule has 1 aliphatic rings. The number of Topliss-reactive ketones (excluding diaryl/α,β-unsaturated/α-hetero) is 1. The maximum absolute atomic E-state index is 14.6. The minimum Gasteiger partial charge on any atom is -0.385 e. The summed E-state index contributed by atoms with van der Waals surface area (Å²) >= 11 is 0. The number of halogens is 6. The fourth-order valence-corrected chi connectivity index (χ4v) is 3.23. The zero-order valence-electron chi connectivity index (χ0n) is 17.4. The highest BCUT2D eigenvalue weighted by Crippen LogP contribution is 2.41. The highest BCUT2D eigenvalue weighted by atomic mass is 19.4. The topological polar surface area (TPSA) is 116 Å². The molecule has 0 spiro atoms. The van der Waals surface area contributed by atoms with E-state index in [0.717, 1.165) is 19.2 Å². The first-order valence-electron chi connectivity index (χ1n) is 9.47. The maximum Gasteiger partial charge on any atom is 0.424 e. The predicted octanol–water partition coefficient (Wildman–Crippen LogP) is 3.48. The molecule has 0 bridgehead atoms. The van der Waals surface area contributed by atoms with E-state index in [0.29, 0.717) is 0 Å². The van der Waals surface area contributed by atoms with Gasteiger partial charge >= 0.3 is 6.18 Å². The van der Waals surface area contributed by atoms with Crippen molar-refractivity contribution in [3.8, 4) is 0 Å². The van der Waals surface area contributed by atoms with Crippen LogP contribution >= 0.6 is 0 Å². The Hall–Kier alpha value is -3.22. The molecule has 2 atom stereocenters. The number of nitrogen functional groups attached to an aromatic ring is 1. The third-order valence-electron chi connectivity index (χ3n) is 5.32. The highest BCUT2D eigenvalue weighted by molar-refractivity contribution is 5.99. The molecular weight excluding hydrogens is 456 g/mol. The molecule has 1 aromatic carbocycles. The van der Waals surface area contributed by atoms with Gasteiger partial charge in [0.05, 0.1) is 12.8 Å². The lowest BCUT2D eigenvalue weighted by molar-refractivity contribution is -0.249. The van der Waals surface area contributed by atoms with Gasteiger partial charge in [0.2, 0.25) is 5.60 Å². The summed E-state index contributed by atoms with van der Waals surface area (Å²) in [5.74, 6) is -2.84. The number of carbonyl (C=O) groups excluding carboxylic acids is 1. The minimum absolute atomic E-state index is 0.146. The number of rotatable bonds is 5. The van der Waals surface area contributed by atoms with Crippen LogP contribution in [0.15, 0.2) is 29.4 Å². The van der Waals surface area contributed by atoms with Gasteiger partial charge in [0, 0.05) is 12.0 Å². The Labute approximate surface area is 183 Å². The lowest BCUT2D eigenvalue weighted by Gasteiger charge is -2.41. The molecule has 1 aromatic heterocycles. The van der Waals surface area contributed by atoms with Crippen LogP contribution in [0.3, 0.4) is 0 Å². The van der Waals surface area contributed by atoms with E-state index in [-0.39, 0.29) is 23.2 Å². The highest BCUT2D eigenvalue weighted by Gasteiger charge is 2.59. The summed E-state index contributed by atoms with van der Waals surface area (Å²) in [5, 5.41) is 0. The van der Waals surface area contributed by atoms with Gasteiger partial charge < -0.3 is 16.2 Å². The van der Waals surface area contributed by atoms with Gasteiger partial charge in [-0.2, -0.15) is 13.2 Å². The minimum atomic E-state index is -4.84. The van der Waals surface area contributed by atoms with Crippen LogP contribution in [0.2, 0.25) is 0 Å². The summed E-state index contributed by atoms with van der Waals surface area (Å²) in [4.78, 5) is 23.5. The van der Waals surface area contributed by atoms with E-state index in [4.69, 9.17) is 16.2 Å². The number of ketones is 1. The van der Waals surface area contributed by atoms with Gasteiger partial charge in [0.15, 0.2) is 11.6 Å². The Morgan fingerprint density at radius 2 is 1.91 bits per heavy atom. The molecule has 0 fully saturated rings. The van der Waals surface area contributed by atoms with Crippen LogP contribution in [0.5, 0.6) is 0 Å². The van der Waals surface area contributed by atoms with Gasteiger partial charge in [0.25, 0.3) is 6.43 Å². The van der Waals surface area contributed by atoms with Gasteiger partial charge in [-0.25, -0.2) is 23.1 Å². The van der Waals surface area contributed by atoms with Crippen molar-refractivity contribution in [3.63, 3.8) is 0 Å². The average molecular weight is 475 g/mol. The van der Waals surface area contributed by atoms with Gasteiger partial charge in [-0.1, -0.05) is 6.07 Å². The Morgan fingerprint density at radius 1 is 1.24 bits per heavy atom. The Balaban J connectivity index is 1.91. The first-order chi connectivity index (χ1) is 15.2. The molecular formula is C20H19F6N5O2. The van der Waals surface area contributed by atoms with Crippen LogP contribution in [0.1, 0.15) is 47.6 Å². The lowest BCUT2D eigenvalue weighted by Crippen LogP contribution is -2.60. The second-order valence-electron chi connectivity index (χ2n) is 7.83. The van der Waals surface area contributed by atoms with E-state index in [1.807, 2.05) is 0 Å². The summed E-state index contributed by atoms with van der Waals surface area (Å²) in [6.45, 7) is 1.43. The molecule has 13 heteroatoms. The zero-order valence-corrected chi connectivity index (χ0v) is 17.4. The standard InChI is InChI=1S/C20H19F6N5O2/c1-18(8-33-19(2,17(28)31-18)20(24,25)26)10-5-9(3-4-11(10)21)6-13(32)14-16(27)30-12(7-29-14)15(22)23/h3-5,7,15H,6,8H2,1-2H3,(H2,27,30)(H2,28,31)/t18-,19+/m0/s1. The van der Waals surface area contributed by atoms with Crippen molar-refractivity contribution in [2.24, 2.45) is 10.7 Å². The predicted molar refractivity (Wildman–Crippen MR) is 105 cm³/mol. The number of aliphatic imine (C=N–C) groups is 1. The van der Waals surface area contributed by atoms with E-state index in [1.165, 1.54) is 19.1 Å². The van der Waals surface area contributed by atoms with E-state index in [9.17, 15) is 31.1 Å². The van der Waals surface area contributed by atoms with Crippen LogP contribution in [0, 0.1) is 5.82 Å². The summed E-state index contributed by atoms with van der Waals surface area (Å²) in [6, 6.07) is 3.52. The monoisotopic (exact) mass is 475 g/mol. The second kappa shape index (κ2) is 8.28. The number of anilines is 1. The van der Waals surface area contributed by atoms with Crippen molar-refractivity contribution in [3.05, 3.63) is 52.7 Å². The number of nitrogens with two attached hydrogens (primary N) is 2. The molecule has 4 N–H and O–H groups in total. The van der Waals surface area contributed by atoms with Crippen molar-refractivity contribution in [1.82, 2.24) is 9.97 Å². The molecule has 2 aromatic rings. The smallest absolute Gasteiger partial charge is 0.385 e. The van der Waals surface area contributed by atoms with Crippen molar-refractivity contribution in [2.45, 2.75) is 44.0 Å². The number of benzene rings is 1. The second-order valence-corrected chi connectivity index (χ2v) is 7.83. The molecule has 0 saturated heterocycles.